The number of carbonyl (C=O) groups excluding carboxylic acids is 1. The van der Waals surface area contributed by atoms with Crippen molar-refractivity contribution in [3.8, 4) is 5.75 Å². The minimum atomic E-state index is -1.02. The number of methoxy groups -OCH3 is 1. The van der Waals surface area contributed by atoms with E-state index in [0.29, 0.717) is 17.9 Å². The number of amides is 1. The molecule has 0 saturated heterocycles. The van der Waals surface area contributed by atoms with Crippen LogP contribution in [0.15, 0.2) is 60.8 Å². The number of benzene rings is 2. The molecule has 1 aromatic heterocycles. The molecule has 0 saturated carbocycles. The number of rotatable bonds is 8. The van der Waals surface area contributed by atoms with Crippen molar-refractivity contribution in [1.82, 2.24) is 4.98 Å². The highest BCUT2D eigenvalue weighted by molar-refractivity contribution is 6.04. The van der Waals surface area contributed by atoms with Crippen LogP contribution in [0.5, 0.6) is 5.75 Å². The minimum absolute atomic E-state index is 0.180. The van der Waals surface area contributed by atoms with Gasteiger partial charge in [-0.25, -0.2) is 13.8 Å². The molecule has 0 fully saturated rings. The summed E-state index contributed by atoms with van der Waals surface area (Å²) < 4.78 is 31.4. The Morgan fingerprint density at radius 3 is 2.55 bits per heavy atom. The van der Waals surface area contributed by atoms with Crippen molar-refractivity contribution >= 4 is 17.4 Å². The Bertz CT molecular complexity index is 978. The standard InChI is InChI=1S/C22H21F2N3O2/c1-29-18-7-4-15(5-8-18)3-2-11-25-21-13-16(10-12-26-21)22(28)27-17-6-9-19(23)20(24)14-17/h4-10,12-14H,2-3,11H2,1H3,(H,25,26)(H,27,28). The topological polar surface area (TPSA) is 63.2 Å². The molecule has 7 heteroatoms. The van der Waals surface area contributed by atoms with E-state index in [0.717, 1.165) is 30.7 Å². The van der Waals surface area contributed by atoms with Gasteiger partial charge in [0.2, 0.25) is 0 Å². The van der Waals surface area contributed by atoms with Crippen molar-refractivity contribution in [3.63, 3.8) is 0 Å². The quantitative estimate of drug-likeness (QED) is 0.543. The lowest BCUT2D eigenvalue weighted by Gasteiger charge is -2.09. The normalized spacial score (nSPS) is 10.4. The van der Waals surface area contributed by atoms with Crippen LogP contribution in [-0.4, -0.2) is 24.5 Å². The van der Waals surface area contributed by atoms with Crippen molar-refractivity contribution in [2.75, 3.05) is 24.3 Å². The summed E-state index contributed by atoms with van der Waals surface area (Å²) in [7, 11) is 1.64. The van der Waals surface area contributed by atoms with Gasteiger partial charge in [-0.3, -0.25) is 4.79 Å². The molecular formula is C22H21F2N3O2. The second kappa shape index (κ2) is 9.64. The van der Waals surface area contributed by atoms with Crippen LogP contribution in [0.3, 0.4) is 0 Å². The van der Waals surface area contributed by atoms with Crippen LogP contribution in [0.4, 0.5) is 20.3 Å². The molecule has 3 aromatic rings. The fraction of sp³-hybridized carbons (Fsp3) is 0.182. The Morgan fingerprint density at radius 2 is 1.83 bits per heavy atom. The Hall–Kier alpha value is -3.48. The summed E-state index contributed by atoms with van der Waals surface area (Å²) >= 11 is 0. The molecule has 2 N–H and O–H groups in total. The average Bonchev–Trinajstić information content (AvgIpc) is 2.74. The van der Waals surface area contributed by atoms with Crippen molar-refractivity contribution in [3.05, 3.63) is 83.6 Å². The fourth-order valence-electron chi connectivity index (χ4n) is 2.75. The van der Waals surface area contributed by atoms with Crippen molar-refractivity contribution in [2.45, 2.75) is 12.8 Å². The fourth-order valence-corrected chi connectivity index (χ4v) is 2.75. The number of hydrogen-bond acceptors (Lipinski definition) is 4. The number of ether oxygens (including phenoxy) is 1. The van der Waals surface area contributed by atoms with E-state index in [9.17, 15) is 13.6 Å². The van der Waals surface area contributed by atoms with E-state index in [1.165, 1.54) is 17.8 Å². The van der Waals surface area contributed by atoms with Crippen LogP contribution in [-0.2, 0) is 6.42 Å². The second-order valence-electron chi connectivity index (χ2n) is 6.39. The highest BCUT2D eigenvalue weighted by atomic mass is 19.2. The van der Waals surface area contributed by atoms with Crippen molar-refractivity contribution in [1.29, 1.82) is 0 Å². The molecule has 29 heavy (non-hydrogen) atoms. The summed E-state index contributed by atoms with van der Waals surface area (Å²) in [4.78, 5) is 16.5. The van der Waals surface area contributed by atoms with Crippen LogP contribution in [0.2, 0.25) is 0 Å². The molecular weight excluding hydrogens is 376 g/mol. The lowest BCUT2D eigenvalue weighted by molar-refractivity contribution is 0.102. The number of carbonyl (C=O) groups is 1. The SMILES string of the molecule is COc1ccc(CCCNc2cc(C(=O)Nc3ccc(F)c(F)c3)ccn2)cc1. The van der Waals surface area contributed by atoms with E-state index >= 15 is 0 Å². The molecule has 0 aliphatic heterocycles. The van der Waals surface area contributed by atoms with Gasteiger partial charge in [0, 0.05) is 30.1 Å². The minimum Gasteiger partial charge on any atom is -0.497 e. The highest BCUT2D eigenvalue weighted by Crippen LogP contribution is 2.16. The Balaban J connectivity index is 1.51. The largest absolute Gasteiger partial charge is 0.497 e. The van der Waals surface area contributed by atoms with Crippen molar-refractivity contribution in [2.24, 2.45) is 0 Å². The first-order chi connectivity index (χ1) is 14.0. The van der Waals surface area contributed by atoms with Gasteiger partial charge in [0.1, 0.15) is 11.6 Å². The summed E-state index contributed by atoms with van der Waals surface area (Å²) in [5.41, 5.74) is 1.75. The second-order valence-corrected chi connectivity index (χ2v) is 6.39. The molecule has 150 valence electrons. The summed E-state index contributed by atoms with van der Waals surface area (Å²) in [6.07, 6.45) is 3.30. The average molecular weight is 397 g/mol. The first-order valence-electron chi connectivity index (χ1n) is 9.14. The number of nitrogens with one attached hydrogen (secondary N) is 2. The zero-order valence-corrected chi connectivity index (χ0v) is 15.9. The molecule has 2 aromatic carbocycles. The van der Waals surface area contributed by atoms with Crippen LogP contribution >= 0.6 is 0 Å². The van der Waals surface area contributed by atoms with Gasteiger partial charge in [-0.1, -0.05) is 12.1 Å². The maximum absolute atomic E-state index is 13.3. The molecule has 5 nitrogen and oxygen atoms in total. The number of halogens is 2. The van der Waals surface area contributed by atoms with E-state index in [-0.39, 0.29) is 5.69 Å². The number of nitrogens with zero attached hydrogens (tertiary/aromatic N) is 1. The zero-order chi connectivity index (χ0) is 20.6. The molecule has 0 unspecified atom stereocenters. The lowest BCUT2D eigenvalue weighted by atomic mass is 10.1. The highest BCUT2D eigenvalue weighted by Gasteiger charge is 2.09. The van der Waals surface area contributed by atoms with E-state index < -0.39 is 17.5 Å². The molecule has 1 amide bonds. The summed E-state index contributed by atoms with van der Waals surface area (Å²) in [5.74, 6) is -1.02. The van der Waals surface area contributed by atoms with Gasteiger partial charge >= 0.3 is 0 Å². The molecule has 0 spiro atoms. The van der Waals surface area contributed by atoms with Crippen LogP contribution < -0.4 is 15.4 Å². The molecule has 0 atom stereocenters. The number of anilines is 2. The zero-order valence-electron chi connectivity index (χ0n) is 15.9. The number of hydrogen-bond donors (Lipinski definition) is 2. The van der Waals surface area contributed by atoms with Crippen LogP contribution in [0, 0.1) is 11.6 Å². The van der Waals surface area contributed by atoms with Gasteiger partial charge in [-0.15, -0.1) is 0 Å². The monoisotopic (exact) mass is 397 g/mol. The van der Waals surface area contributed by atoms with E-state index in [4.69, 9.17) is 4.74 Å². The van der Waals surface area contributed by atoms with Gasteiger partial charge < -0.3 is 15.4 Å². The summed E-state index contributed by atoms with van der Waals surface area (Å²) in [5, 5.41) is 5.73. The first kappa shape index (κ1) is 20.3. The Morgan fingerprint density at radius 1 is 1.03 bits per heavy atom. The number of pyridine rings is 1. The number of aryl methyl sites for hydroxylation is 1. The summed E-state index contributed by atoms with van der Waals surface area (Å²) in [6.45, 7) is 0.688. The van der Waals surface area contributed by atoms with Crippen LogP contribution in [0.25, 0.3) is 0 Å². The Labute approximate surface area is 167 Å². The third-order valence-electron chi connectivity index (χ3n) is 4.31. The Kier molecular flexibility index (Phi) is 6.73. The maximum atomic E-state index is 13.3. The van der Waals surface area contributed by atoms with Crippen molar-refractivity contribution < 1.29 is 18.3 Å². The third kappa shape index (κ3) is 5.75. The summed E-state index contributed by atoms with van der Waals surface area (Å²) in [6, 6.07) is 14.3. The lowest BCUT2D eigenvalue weighted by Crippen LogP contribution is -2.13. The van der Waals surface area contributed by atoms with Gasteiger partial charge in [0.05, 0.1) is 7.11 Å². The predicted octanol–water partition coefficient (Wildman–Crippen LogP) is 4.67. The van der Waals surface area contributed by atoms with E-state index in [1.54, 1.807) is 19.2 Å². The first-order valence-corrected chi connectivity index (χ1v) is 9.14. The molecule has 0 radical (unpaired) electrons. The van der Waals surface area contributed by atoms with E-state index in [2.05, 4.69) is 15.6 Å². The molecule has 3 rings (SSSR count). The third-order valence-corrected chi connectivity index (χ3v) is 4.31. The number of aromatic nitrogens is 1. The van der Waals surface area contributed by atoms with Crippen LogP contribution in [0.1, 0.15) is 22.3 Å². The maximum Gasteiger partial charge on any atom is 0.255 e. The molecule has 1 heterocycles. The molecule has 0 aliphatic carbocycles. The van der Waals surface area contributed by atoms with E-state index in [1.807, 2.05) is 24.3 Å². The smallest absolute Gasteiger partial charge is 0.255 e. The van der Waals surface area contributed by atoms with Gasteiger partial charge in [-0.05, 0) is 54.8 Å². The van der Waals surface area contributed by atoms with Gasteiger partial charge in [-0.2, -0.15) is 0 Å². The molecule has 0 aliphatic rings. The van der Waals surface area contributed by atoms with Gasteiger partial charge in [0.15, 0.2) is 11.6 Å². The predicted molar refractivity (Wildman–Crippen MR) is 108 cm³/mol. The molecule has 0 bridgehead atoms. The van der Waals surface area contributed by atoms with Gasteiger partial charge in [0.25, 0.3) is 5.91 Å².